The zero-order valence-corrected chi connectivity index (χ0v) is 16.7. The molecule has 7 nitrogen and oxygen atoms in total. The standard InChI is InChI=1S/C21H22N2O5S/c1-12(19(24)23-18(11-29)20(25)26)22-21(27)28-10-17-15-8-4-2-6-13(15)14-7-3-5-9-16(14)17/h2-9,12,17-18,29H,10-11H2,1H3,(H,22,27)(H,23,24)(H,25,26)/t12-,18-/m0/s1. The molecule has 3 N–H and O–H groups in total. The minimum atomic E-state index is -1.19. The summed E-state index contributed by atoms with van der Waals surface area (Å²) in [6.45, 7) is 1.58. The maximum atomic E-state index is 12.2. The third-order valence-corrected chi connectivity index (χ3v) is 5.23. The zero-order valence-electron chi connectivity index (χ0n) is 15.8. The number of carboxylic acids is 1. The first-order valence-electron chi connectivity index (χ1n) is 9.18. The van der Waals surface area contributed by atoms with Gasteiger partial charge in [-0.2, -0.15) is 12.6 Å². The Labute approximate surface area is 173 Å². The summed E-state index contributed by atoms with van der Waals surface area (Å²) in [4.78, 5) is 35.2. The fourth-order valence-corrected chi connectivity index (χ4v) is 3.61. The Kier molecular flexibility index (Phi) is 6.43. The third kappa shape index (κ3) is 4.54. The number of alkyl carbamates (subject to hydrolysis) is 1. The molecule has 3 rings (SSSR count). The van der Waals surface area contributed by atoms with Gasteiger partial charge >= 0.3 is 12.1 Å². The van der Waals surface area contributed by atoms with Crippen molar-refractivity contribution in [3.8, 4) is 11.1 Å². The summed E-state index contributed by atoms with van der Waals surface area (Å²) < 4.78 is 5.38. The number of fused-ring (bicyclic) bond motifs is 3. The molecule has 0 bridgehead atoms. The monoisotopic (exact) mass is 414 g/mol. The lowest BCUT2D eigenvalue weighted by Crippen LogP contribution is -2.51. The summed E-state index contributed by atoms with van der Waals surface area (Å²) >= 11 is 3.89. The zero-order chi connectivity index (χ0) is 21.0. The molecule has 0 aromatic heterocycles. The largest absolute Gasteiger partial charge is 0.480 e. The van der Waals surface area contributed by atoms with Crippen LogP contribution in [-0.2, 0) is 14.3 Å². The van der Waals surface area contributed by atoms with Gasteiger partial charge in [-0.15, -0.1) is 0 Å². The van der Waals surface area contributed by atoms with Gasteiger partial charge < -0.3 is 20.5 Å². The molecule has 0 fully saturated rings. The van der Waals surface area contributed by atoms with Crippen LogP contribution in [0.3, 0.4) is 0 Å². The van der Waals surface area contributed by atoms with Gasteiger partial charge in [0.15, 0.2) is 0 Å². The van der Waals surface area contributed by atoms with Gasteiger partial charge in [-0.1, -0.05) is 48.5 Å². The predicted octanol–water partition coefficient (Wildman–Crippen LogP) is 2.41. The highest BCUT2D eigenvalue weighted by Gasteiger charge is 2.29. The van der Waals surface area contributed by atoms with Gasteiger partial charge in [0.05, 0.1) is 0 Å². The molecule has 0 unspecified atom stereocenters. The first kappa shape index (κ1) is 20.7. The molecule has 1 aliphatic carbocycles. The van der Waals surface area contributed by atoms with E-state index >= 15 is 0 Å². The second-order valence-electron chi connectivity index (χ2n) is 6.77. The molecule has 0 spiro atoms. The third-order valence-electron chi connectivity index (χ3n) is 4.87. The number of amides is 2. The number of benzene rings is 2. The fraction of sp³-hybridized carbons (Fsp3) is 0.286. The van der Waals surface area contributed by atoms with Crippen LogP contribution in [0.1, 0.15) is 24.0 Å². The maximum absolute atomic E-state index is 12.2. The number of carboxylic acid groups (broad SMARTS) is 1. The second-order valence-corrected chi connectivity index (χ2v) is 7.14. The Morgan fingerprint density at radius 2 is 1.59 bits per heavy atom. The highest BCUT2D eigenvalue weighted by molar-refractivity contribution is 7.80. The summed E-state index contributed by atoms with van der Waals surface area (Å²) in [7, 11) is 0. The van der Waals surface area contributed by atoms with E-state index in [1.54, 1.807) is 0 Å². The Hall–Kier alpha value is -3.00. The molecule has 8 heteroatoms. The number of nitrogens with one attached hydrogen (secondary N) is 2. The fourth-order valence-electron chi connectivity index (χ4n) is 3.36. The van der Waals surface area contributed by atoms with E-state index in [1.165, 1.54) is 6.92 Å². The summed E-state index contributed by atoms with van der Waals surface area (Å²) in [6.07, 6.45) is -0.743. The van der Waals surface area contributed by atoms with Crippen molar-refractivity contribution in [3.05, 3.63) is 59.7 Å². The smallest absolute Gasteiger partial charge is 0.407 e. The molecule has 0 radical (unpaired) electrons. The molecule has 2 aromatic rings. The number of hydrogen-bond donors (Lipinski definition) is 4. The minimum Gasteiger partial charge on any atom is -0.480 e. The van der Waals surface area contributed by atoms with Crippen LogP contribution in [0.15, 0.2) is 48.5 Å². The highest BCUT2D eigenvalue weighted by Crippen LogP contribution is 2.44. The number of rotatable bonds is 7. The molecule has 0 saturated heterocycles. The Balaban J connectivity index is 1.60. The molecular formula is C21H22N2O5S. The van der Waals surface area contributed by atoms with Crippen molar-refractivity contribution in [2.45, 2.75) is 24.9 Å². The number of ether oxygens (including phenoxy) is 1. The summed E-state index contributed by atoms with van der Waals surface area (Å²) in [5.74, 6) is -1.96. The Bertz CT molecular complexity index is 887. The SMILES string of the molecule is C[C@H](NC(=O)OCC1c2ccccc2-c2ccccc21)C(=O)N[C@@H](CS)C(=O)O. The Morgan fingerprint density at radius 3 is 2.10 bits per heavy atom. The molecular weight excluding hydrogens is 392 g/mol. The molecule has 0 heterocycles. The van der Waals surface area contributed by atoms with Crippen LogP contribution < -0.4 is 10.6 Å². The predicted molar refractivity (Wildman–Crippen MR) is 111 cm³/mol. The van der Waals surface area contributed by atoms with Gasteiger partial charge in [0, 0.05) is 11.7 Å². The summed E-state index contributed by atoms with van der Waals surface area (Å²) in [5.41, 5.74) is 4.42. The lowest BCUT2D eigenvalue weighted by Gasteiger charge is -2.18. The van der Waals surface area contributed by atoms with E-state index < -0.39 is 30.1 Å². The van der Waals surface area contributed by atoms with Crippen molar-refractivity contribution >= 4 is 30.6 Å². The van der Waals surface area contributed by atoms with E-state index in [-0.39, 0.29) is 18.3 Å². The van der Waals surface area contributed by atoms with E-state index in [9.17, 15) is 14.4 Å². The number of carbonyl (C=O) groups excluding carboxylic acids is 2. The summed E-state index contributed by atoms with van der Waals surface area (Å²) in [6, 6.07) is 13.9. The molecule has 2 atom stereocenters. The van der Waals surface area contributed by atoms with Gasteiger partial charge in [-0.05, 0) is 29.2 Å². The van der Waals surface area contributed by atoms with Crippen molar-refractivity contribution in [2.24, 2.45) is 0 Å². The molecule has 2 aromatic carbocycles. The van der Waals surface area contributed by atoms with Crippen LogP contribution in [0.4, 0.5) is 4.79 Å². The quantitative estimate of drug-likeness (QED) is 0.521. The van der Waals surface area contributed by atoms with Crippen molar-refractivity contribution in [1.29, 1.82) is 0 Å². The van der Waals surface area contributed by atoms with Crippen LogP contribution in [0, 0.1) is 0 Å². The lowest BCUT2D eigenvalue weighted by molar-refractivity contribution is -0.141. The average molecular weight is 414 g/mol. The van der Waals surface area contributed by atoms with Crippen molar-refractivity contribution < 1.29 is 24.2 Å². The number of thiol groups is 1. The maximum Gasteiger partial charge on any atom is 0.407 e. The van der Waals surface area contributed by atoms with Gasteiger partial charge in [-0.25, -0.2) is 9.59 Å². The van der Waals surface area contributed by atoms with Crippen molar-refractivity contribution in [3.63, 3.8) is 0 Å². The first-order valence-corrected chi connectivity index (χ1v) is 9.81. The highest BCUT2D eigenvalue weighted by atomic mass is 32.1. The van der Waals surface area contributed by atoms with E-state index in [4.69, 9.17) is 9.84 Å². The minimum absolute atomic E-state index is 0.0568. The molecule has 0 saturated carbocycles. The van der Waals surface area contributed by atoms with Crippen molar-refractivity contribution in [1.82, 2.24) is 10.6 Å². The normalized spacial score (nSPS) is 14.3. The topological polar surface area (TPSA) is 105 Å². The summed E-state index contributed by atoms with van der Waals surface area (Å²) in [5, 5.41) is 13.7. The van der Waals surface area contributed by atoms with Crippen molar-refractivity contribution in [2.75, 3.05) is 12.4 Å². The van der Waals surface area contributed by atoms with Crippen LogP contribution in [0.25, 0.3) is 11.1 Å². The van der Waals surface area contributed by atoms with Crippen LogP contribution >= 0.6 is 12.6 Å². The van der Waals surface area contributed by atoms with E-state index in [1.807, 2.05) is 48.5 Å². The van der Waals surface area contributed by atoms with Gasteiger partial charge in [-0.3, -0.25) is 4.79 Å². The number of aliphatic carboxylic acids is 1. The number of carbonyl (C=O) groups is 3. The lowest BCUT2D eigenvalue weighted by atomic mass is 9.98. The van der Waals surface area contributed by atoms with Gasteiger partial charge in [0.25, 0.3) is 0 Å². The molecule has 2 amide bonds. The molecule has 0 aliphatic heterocycles. The van der Waals surface area contributed by atoms with Crippen LogP contribution in [0.5, 0.6) is 0 Å². The molecule has 29 heavy (non-hydrogen) atoms. The number of hydrogen-bond acceptors (Lipinski definition) is 5. The first-order chi connectivity index (χ1) is 13.9. The van der Waals surface area contributed by atoms with E-state index in [0.29, 0.717) is 0 Å². The average Bonchev–Trinajstić information content (AvgIpc) is 3.03. The second kappa shape index (κ2) is 9.00. The molecule has 152 valence electrons. The van der Waals surface area contributed by atoms with Gasteiger partial charge in [0.2, 0.25) is 5.91 Å². The van der Waals surface area contributed by atoms with E-state index in [2.05, 4.69) is 23.3 Å². The van der Waals surface area contributed by atoms with Gasteiger partial charge in [0.1, 0.15) is 18.7 Å². The van der Waals surface area contributed by atoms with Crippen LogP contribution in [-0.4, -0.2) is 47.5 Å². The van der Waals surface area contributed by atoms with Crippen LogP contribution in [0.2, 0.25) is 0 Å². The van der Waals surface area contributed by atoms with E-state index in [0.717, 1.165) is 22.3 Å². The molecule has 1 aliphatic rings. The Morgan fingerprint density at radius 1 is 1.03 bits per heavy atom.